The molecule has 2 aromatic rings. The van der Waals surface area contributed by atoms with Gasteiger partial charge in [0.2, 0.25) is 0 Å². The van der Waals surface area contributed by atoms with E-state index in [9.17, 15) is 5.21 Å². The molecule has 0 unspecified atom stereocenters. The Labute approximate surface area is 58.3 Å². The molecule has 0 spiro atoms. The Morgan fingerprint density at radius 2 is 1.90 bits per heavy atom. The number of rotatable bonds is 0. The molecular formula is C8H6NO. The van der Waals surface area contributed by atoms with Crippen molar-refractivity contribution in [3.05, 3.63) is 36.5 Å². The molecule has 1 aromatic carbocycles. The molecule has 0 atom stereocenters. The van der Waals surface area contributed by atoms with Crippen LogP contribution in [0.1, 0.15) is 0 Å². The van der Waals surface area contributed by atoms with Gasteiger partial charge in [0.1, 0.15) is 0 Å². The molecule has 1 radical (unpaired) electrons. The van der Waals surface area contributed by atoms with Gasteiger partial charge >= 0.3 is 0 Å². The lowest BCUT2D eigenvalue weighted by molar-refractivity contribution is 0.103. The van der Waals surface area contributed by atoms with E-state index < -0.39 is 0 Å². The van der Waals surface area contributed by atoms with Crippen LogP contribution in [0.3, 0.4) is 0 Å². The van der Waals surface area contributed by atoms with Crippen LogP contribution in [0.2, 0.25) is 0 Å². The van der Waals surface area contributed by atoms with Gasteiger partial charge in [0, 0.05) is 11.6 Å². The van der Waals surface area contributed by atoms with Crippen molar-refractivity contribution in [3.63, 3.8) is 0 Å². The SMILES string of the molecule is [O]n1ccc2ccccc21. The molecule has 0 aliphatic heterocycles. The van der Waals surface area contributed by atoms with Crippen LogP contribution < -0.4 is 0 Å². The molecule has 0 N–H and O–H groups in total. The van der Waals surface area contributed by atoms with E-state index in [1.54, 1.807) is 0 Å². The van der Waals surface area contributed by atoms with Gasteiger partial charge in [-0.25, -0.2) is 0 Å². The summed E-state index contributed by atoms with van der Waals surface area (Å²) in [6.45, 7) is 0. The van der Waals surface area contributed by atoms with E-state index in [0.717, 1.165) is 15.6 Å². The Balaban J connectivity index is 2.93. The van der Waals surface area contributed by atoms with Crippen molar-refractivity contribution in [2.24, 2.45) is 0 Å². The number of fused-ring (bicyclic) bond motifs is 1. The van der Waals surface area contributed by atoms with E-state index >= 15 is 0 Å². The topological polar surface area (TPSA) is 24.8 Å². The molecule has 10 heavy (non-hydrogen) atoms. The predicted octanol–water partition coefficient (Wildman–Crippen LogP) is 1.83. The molecule has 0 saturated carbocycles. The average Bonchev–Trinajstić information content (AvgIpc) is 2.34. The zero-order valence-corrected chi connectivity index (χ0v) is 5.32. The van der Waals surface area contributed by atoms with Crippen molar-refractivity contribution >= 4 is 10.9 Å². The minimum atomic E-state index is 0.738. The van der Waals surface area contributed by atoms with E-state index in [2.05, 4.69) is 0 Å². The molecule has 0 aliphatic rings. The fourth-order valence-electron chi connectivity index (χ4n) is 1.06. The van der Waals surface area contributed by atoms with Gasteiger partial charge in [-0.3, -0.25) is 0 Å². The third-order valence-electron chi connectivity index (χ3n) is 1.56. The molecule has 49 valence electrons. The highest BCUT2D eigenvalue weighted by Crippen LogP contribution is 2.12. The molecule has 0 fully saturated rings. The van der Waals surface area contributed by atoms with Gasteiger partial charge in [0.15, 0.2) is 0 Å². The molecule has 0 bridgehead atoms. The first-order valence-corrected chi connectivity index (χ1v) is 3.11. The second-order valence-electron chi connectivity index (χ2n) is 2.20. The van der Waals surface area contributed by atoms with Crippen LogP contribution >= 0.6 is 0 Å². The standard InChI is InChI=1S/C8H6NO/c10-9-6-5-7-3-1-2-4-8(7)9/h1-6H. The minimum absolute atomic E-state index is 0.738. The van der Waals surface area contributed by atoms with Crippen LogP contribution in [0, 0.1) is 0 Å². The number of benzene rings is 1. The first-order chi connectivity index (χ1) is 4.88. The van der Waals surface area contributed by atoms with E-state index in [1.807, 2.05) is 30.3 Å². The van der Waals surface area contributed by atoms with Crippen LogP contribution in [-0.2, 0) is 5.21 Å². The lowest BCUT2D eigenvalue weighted by Crippen LogP contribution is -1.80. The fraction of sp³-hybridized carbons (Fsp3) is 0. The largest absolute Gasteiger partial charge is 0.166 e. The minimum Gasteiger partial charge on any atom is -0.166 e. The third-order valence-corrected chi connectivity index (χ3v) is 1.56. The summed E-state index contributed by atoms with van der Waals surface area (Å²) < 4.78 is 0.870. The first kappa shape index (κ1) is 5.35. The van der Waals surface area contributed by atoms with Crippen molar-refractivity contribution in [3.8, 4) is 0 Å². The highest BCUT2D eigenvalue weighted by atomic mass is 16.5. The molecule has 2 rings (SSSR count). The quantitative estimate of drug-likeness (QED) is 0.522. The molecule has 1 aromatic heterocycles. The Morgan fingerprint density at radius 1 is 1.10 bits per heavy atom. The van der Waals surface area contributed by atoms with Gasteiger partial charge in [0.05, 0.1) is 5.52 Å². The smallest absolute Gasteiger partial charge is 0.0916 e. The van der Waals surface area contributed by atoms with Gasteiger partial charge in [-0.2, -0.15) is 5.21 Å². The Hall–Kier alpha value is -1.44. The second kappa shape index (κ2) is 1.77. The van der Waals surface area contributed by atoms with Crippen LogP contribution in [0.15, 0.2) is 36.5 Å². The maximum absolute atomic E-state index is 10.9. The van der Waals surface area contributed by atoms with E-state index in [0.29, 0.717) is 0 Å². The molecule has 1 heterocycles. The van der Waals surface area contributed by atoms with Crippen LogP contribution in [-0.4, -0.2) is 4.73 Å². The van der Waals surface area contributed by atoms with Gasteiger partial charge in [0.25, 0.3) is 0 Å². The van der Waals surface area contributed by atoms with Gasteiger partial charge in [-0.05, 0) is 12.1 Å². The molecule has 0 amide bonds. The number of hydrogen-bond donors (Lipinski definition) is 0. The van der Waals surface area contributed by atoms with Gasteiger partial charge in [-0.15, -0.1) is 4.73 Å². The van der Waals surface area contributed by atoms with Crippen molar-refractivity contribution in [1.82, 2.24) is 4.73 Å². The maximum atomic E-state index is 10.9. The summed E-state index contributed by atoms with van der Waals surface area (Å²) in [7, 11) is 0. The van der Waals surface area contributed by atoms with Crippen LogP contribution in [0.4, 0.5) is 0 Å². The lowest BCUT2D eigenvalue weighted by Gasteiger charge is -1.87. The monoisotopic (exact) mass is 132 g/mol. The molecule has 2 heteroatoms. The summed E-state index contributed by atoms with van der Waals surface area (Å²) in [5.74, 6) is 0. The van der Waals surface area contributed by atoms with Gasteiger partial charge in [-0.1, -0.05) is 18.2 Å². The van der Waals surface area contributed by atoms with Gasteiger partial charge < -0.3 is 0 Å². The van der Waals surface area contributed by atoms with Crippen molar-refractivity contribution in [1.29, 1.82) is 0 Å². The lowest BCUT2D eigenvalue weighted by atomic mass is 10.3. The maximum Gasteiger partial charge on any atom is 0.0916 e. The number of para-hydroxylation sites is 1. The van der Waals surface area contributed by atoms with Crippen molar-refractivity contribution in [2.75, 3.05) is 0 Å². The summed E-state index contributed by atoms with van der Waals surface area (Å²) in [4.78, 5) is 0. The summed E-state index contributed by atoms with van der Waals surface area (Å²) >= 11 is 0. The molecule has 0 saturated heterocycles. The Bertz CT molecular complexity index is 351. The summed E-state index contributed by atoms with van der Waals surface area (Å²) in [6, 6.07) is 9.31. The Morgan fingerprint density at radius 3 is 2.70 bits per heavy atom. The highest BCUT2D eigenvalue weighted by Gasteiger charge is 1.96. The van der Waals surface area contributed by atoms with E-state index in [1.165, 1.54) is 6.20 Å². The predicted molar refractivity (Wildman–Crippen MR) is 38.0 cm³/mol. The zero-order valence-electron chi connectivity index (χ0n) is 5.32. The number of hydrogen-bond acceptors (Lipinski definition) is 0. The fourth-order valence-corrected chi connectivity index (χ4v) is 1.06. The van der Waals surface area contributed by atoms with Crippen molar-refractivity contribution in [2.45, 2.75) is 0 Å². The molecular weight excluding hydrogens is 126 g/mol. The third kappa shape index (κ3) is 0.589. The van der Waals surface area contributed by atoms with Crippen molar-refractivity contribution < 1.29 is 5.21 Å². The number of aromatic nitrogens is 1. The summed E-state index contributed by atoms with van der Waals surface area (Å²) in [5.41, 5.74) is 0.738. The molecule has 2 nitrogen and oxygen atoms in total. The zero-order chi connectivity index (χ0) is 6.97. The first-order valence-electron chi connectivity index (χ1n) is 3.11. The van der Waals surface area contributed by atoms with Crippen LogP contribution in [0.5, 0.6) is 0 Å². The highest BCUT2D eigenvalue weighted by molar-refractivity contribution is 5.79. The summed E-state index contributed by atoms with van der Waals surface area (Å²) in [6.07, 6.45) is 1.52. The van der Waals surface area contributed by atoms with E-state index in [4.69, 9.17) is 0 Å². The number of nitrogens with zero attached hydrogens (tertiary/aromatic N) is 1. The molecule has 0 aliphatic carbocycles. The van der Waals surface area contributed by atoms with E-state index in [-0.39, 0.29) is 0 Å². The average molecular weight is 132 g/mol. The Kier molecular flexibility index (Phi) is 0.947. The van der Waals surface area contributed by atoms with Crippen LogP contribution in [0.25, 0.3) is 10.9 Å². The normalized spacial score (nSPS) is 10.4. The summed E-state index contributed by atoms with van der Waals surface area (Å²) in [5, 5.41) is 11.9. The second-order valence-corrected chi connectivity index (χ2v) is 2.20.